The van der Waals surface area contributed by atoms with E-state index in [0.29, 0.717) is 6.42 Å². The lowest BCUT2D eigenvalue weighted by atomic mass is 9.75. The minimum absolute atomic E-state index is 0.00850. The van der Waals surface area contributed by atoms with Crippen molar-refractivity contribution in [3.8, 4) is 0 Å². The van der Waals surface area contributed by atoms with Crippen molar-refractivity contribution < 1.29 is 18.4 Å². The van der Waals surface area contributed by atoms with Gasteiger partial charge < -0.3 is 9.05 Å². The highest BCUT2D eigenvalue weighted by molar-refractivity contribution is 7.54. The summed E-state index contributed by atoms with van der Waals surface area (Å²) in [4.78, 5) is 12.3. The van der Waals surface area contributed by atoms with Crippen LogP contribution in [-0.4, -0.2) is 26.2 Å². The van der Waals surface area contributed by atoms with Gasteiger partial charge in [0.05, 0.1) is 0 Å². The quantitative estimate of drug-likeness (QED) is 0.610. The van der Waals surface area contributed by atoms with Crippen LogP contribution in [0.3, 0.4) is 0 Å². The standard InChI is InChI=1S/C18H29O4P/c1-18(2,3)16(12-11-15-9-7-6-8-10-15)13-17(19)14-23(20,21-4)22-5/h6-10,16H,11-14H2,1-5H3/t16-/m0/s1. The van der Waals surface area contributed by atoms with Gasteiger partial charge in [-0.05, 0) is 29.7 Å². The molecule has 4 nitrogen and oxygen atoms in total. The van der Waals surface area contributed by atoms with E-state index in [-0.39, 0.29) is 23.3 Å². The molecule has 0 saturated heterocycles. The molecule has 0 fully saturated rings. The van der Waals surface area contributed by atoms with Crippen molar-refractivity contribution in [2.24, 2.45) is 11.3 Å². The SMILES string of the molecule is COP(=O)(CC(=O)C[C@H](CCc1ccccc1)C(C)(C)C)OC. The third-order valence-electron chi connectivity index (χ3n) is 4.25. The summed E-state index contributed by atoms with van der Waals surface area (Å²) in [5, 5.41) is 0. The van der Waals surface area contributed by atoms with E-state index in [1.165, 1.54) is 19.8 Å². The number of hydrogen-bond acceptors (Lipinski definition) is 4. The summed E-state index contributed by atoms with van der Waals surface area (Å²) in [5.74, 6) is 0.155. The molecule has 0 saturated carbocycles. The Hall–Kier alpha value is -0.960. The summed E-state index contributed by atoms with van der Waals surface area (Å²) in [6.45, 7) is 6.42. The molecule has 23 heavy (non-hydrogen) atoms. The van der Waals surface area contributed by atoms with Crippen molar-refractivity contribution in [1.29, 1.82) is 0 Å². The molecule has 0 aliphatic rings. The van der Waals surface area contributed by atoms with Crippen LogP contribution in [0.4, 0.5) is 0 Å². The highest BCUT2D eigenvalue weighted by Gasteiger charge is 2.31. The van der Waals surface area contributed by atoms with E-state index in [4.69, 9.17) is 9.05 Å². The first-order chi connectivity index (χ1) is 10.7. The molecule has 0 aliphatic heterocycles. The summed E-state index contributed by atoms with van der Waals surface area (Å²) in [6.07, 6.45) is 2.09. The summed E-state index contributed by atoms with van der Waals surface area (Å²) in [5.41, 5.74) is 1.28. The number of hydrogen-bond donors (Lipinski definition) is 0. The molecule has 0 amide bonds. The summed E-state index contributed by atoms with van der Waals surface area (Å²) < 4.78 is 21.8. The summed E-state index contributed by atoms with van der Waals surface area (Å²) >= 11 is 0. The fourth-order valence-corrected chi connectivity index (χ4v) is 3.55. The molecule has 1 aromatic rings. The van der Waals surface area contributed by atoms with Gasteiger partial charge in [0.2, 0.25) is 0 Å². The van der Waals surface area contributed by atoms with Crippen LogP contribution in [0.1, 0.15) is 39.2 Å². The maximum atomic E-state index is 12.3. The molecular weight excluding hydrogens is 311 g/mol. The van der Waals surface area contributed by atoms with Crippen LogP contribution >= 0.6 is 7.60 Å². The van der Waals surface area contributed by atoms with Gasteiger partial charge in [0.25, 0.3) is 0 Å². The van der Waals surface area contributed by atoms with Crippen molar-refractivity contribution in [2.75, 3.05) is 20.4 Å². The molecule has 1 aromatic carbocycles. The molecule has 0 bridgehead atoms. The van der Waals surface area contributed by atoms with Crippen molar-refractivity contribution in [2.45, 2.75) is 40.0 Å². The molecule has 0 heterocycles. The number of benzene rings is 1. The van der Waals surface area contributed by atoms with Gasteiger partial charge in [0.1, 0.15) is 11.9 Å². The second-order valence-electron chi connectivity index (χ2n) is 6.96. The van der Waals surface area contributed by atoms with Crippen LogP contribution in [0, 0.1) is 11.3 Å². The summed E-state index contributed by atoms with van der Waals surface area (Å²) in [6, 6.07) is 10.3. The average molecular weight is 340 g/mol. The normalized spacial score (nSPS) is 13.8. The first-order valence-electron chi connectivity index (χ1n) is 7.96. The Morgan fingerprint density at radius 2 is 1.70 bits per heavy atom. The molecule has 1 rings (SSSR count). The Bertz CT molecular complexity index is 526. The Balaban J connectivity index is 2.68. The largest absolute Gasteiger partial charge is 0.337 e. The van der Waals surface area contributed by atoms with Gasteiger partial charge in [-0.3, -0.25) is 9.36 Å². The maximum Gasteiger partial charge on any atom is 0.337 e. The molecule has 5 heteroatoms. The Kier molecular flexibility index (Phi) is 7.66. The maximum absolute atomic E-state index is 12.3. The molecular formula is C18H29O4P. The zero-order valence-electron chi connectivity index (χ0n) is 14.9. The molecule has 0 N–H and O–H groups in total. The van der Waals surface area contributed by atoms with E-state index in [0.717, 1.165) is 12.8 Å². The molecule has 0 spiro atoms. The number of rotatable bonds is 9. The third-order valence-corrected chi connectivity index (χ3v) is 6.10. The van der Waals surface area contributed by atoms with Gasteiger partial charge >= 0.3 is 7.60 Å². The second-order valence-corrected chi connectivity index (χ2v) is 9.23. The minimum Gasteiger partial charge on any atom is -0.312 e. The smallest absolute Gasteiger partial charge is 0.312 e. The zero-order chi connectivity index (χ0) is 17.5. The number of Topliss-reactive ketones (excluding diaryl/α,β-unsaturated/α-hetero) is 1. The molecule has 0 aliphatic carbocycles. The number of carbonyl (C=O) groups excluding carboxylic acids is 1. The monoisotopic (exact) mass is 340 g/mol. The Morgan fingerprint density at radius 1 is 1.13 bits per heavy atom. The van der Waals surface area contributed by atoms with Crippen LogP contribution < -0.4 is 0 Å². The van der Waals surface area contributed by atoms with Crippen molar-refractivity contribution in [3.05, 3.63) is 35.9 Å². The lowest BCUT2D eigenvalue weighted by molar-refractivity contribution is -0.118. The van der Waals surface area contributed by atoms with Crippen molar-refractivity contribution >= 4 is 13.4 Å². The van der Waals surface area contributed by atoms with Crippen LogP contribution in [-0.2, 0) is 24.8 Å². The molecule has 0 aromatic heterocycles. The second kappa shape index (κ2) is 8.77. The van der Waals surface area contributed by atoms with E-state index in [2.05, 4.69) is 32.9 Å². The highest BCUT2D eigenvalue weighted by atomic mass is 31.2. The Labute approximate surface area is 140 Å². The van der Waals surface area contributed by atoms with Gasteiger partial charge in [-0.2, -0.15) is 0 Å². The number of aryl methyl sites for hydroxylation is 1. The van der Waals surface area contributed by atoms with Gasteiger partial charge in [-0.15, -0.1) is 0 Å². The van der Waals surface area contributed by atoms with Crippen LogP contribution in [0.25, 0.3) is 0 Å². The highest BCUT2D eigenvalue weighted by Crippen LogP contribution is 2.47. The fraction of sp³-hybridized carbons (Fsp3) is 0.611. The predicted octanol–water partition coefficient (Wildman–Crippen LogP) is 4.73. The van der Waals surface area contributed by atoms with Gasteiger partial charge in [0, 0.05) is 20.6 Å². The fourth-order valence-electron chi connectivity index (χ4n) is 2.59. The number of ketones is 1. The molecule has 130 valence electrons. The number of carbonyl (C=O) groups is 1. The lowest BCUT2D eigenvalue weighted by Crippen LogP contribution is -2.25. The van der Waals surface area contributed by atoms with E-state index in [1.807, 2.05) is 18.2 Å². The van der Waals surface area contributed by atoms with Gasteiger partial charge in [-0.25, -0.2) is 0 Å². The van der Waals surface area contributed by atoms with Gasteiger partial charge in [0.15, 0.2) is 0 Å². The van der Waals surface area contributed by atoms with E-state index >= 15 is 0 Å². The molecule has 0 radical (unpaired) electrons. The van der Waals surface area contributed by atoms with Gasteiger partial charge in [-0.1, -0.05) is 51.1 Å². The Morgan fingerprint density at radius 3 is 2.17 bits per heavy atom. The molecule has 0 unspecified atom stereocenters. The first-order valence-corrected chi connectivity index (χ1v) is 9.69. The van der Waals surface area contributed by atoms with Crippen molar-refractivity contribution in [3.63, 3.8) is 0 Å². The van der Waals surface area contributed by atoms with Crippen LogP contribution in [0.15, 0.2) is 30.3 Å². The predicted molar refractivity (Wildman–Crippen MR) is 93.8 cm³/mol. The zero-order valence-corrected chi connectivity index (χ0v) is 15.8. The topological polar surface area (TPSA) is 52.6 Å². The van der Waals surface area contributed by atoms with E-state index in [9.17, 15) is 9.36 Å². The first kappa shape index (κ1) is 20.1. The van der Waals surface area contributed by atoms with E-state index in [1.54, 1.807) is 0 Å². The van der Waals surface area contributed by atoms with Crippen LogP contribution in [0.2, 0.25) is 0 Å². The van der Waals surface area contributed by atoms with Crippen LogP contribution in [0.5, 0.6) is 0 Å². The van der Waals surface area contributed by atoms with Crippen molar-refractivity contribution in [1.82, 2.24) is 0 Å². The third kappa shape index (κ3) is 6.99. The minimum atomic E-state index is -3.27. The average Bonchev–Trinajstić information content (AvgIpc) is 2.51. The van der Waals surface area contributed by atoms with E-state index < -0.39 is 7.60 Å². The molecule has 1 atom stereocenters. The lowest BCUT2D eigenvalue weighted by Gasteiger charge is -2.30. The summed E-state index contributed by atoms with van der Waals surface area (Å²) in [7, 11) is -0.645.